The molecule has 0 unspecified atom stereocenters. The quantitative estimate of drug-likeness (QED) is 0.679. The van der Waals surface area contributed by atoms with Crippen LogP contribution in [-0.4, -0.2) is 16.5 Å². The van der Waals surface area contributed by atoms with Gasteiger partial charge >= 0.3 is 0 Å². The normalized spacial score (nSPS) is 34.7. The van der Waals surface area contributed by atoms with E-state index in [1.165, 1.54) is 0 Å². The molecule has 0 aliphatic heterocycles. The van der Waals surface area contributed by atoms with Crippen LogP contribution in [-0.2, 0) is 9.59 Å². The first-order valence-electron chi connectivity index (χ1n) is 7.53. The van der Waals surface area contributed by atoms with Gasteiger partial charge in [-0.3, -0.25) is 9.59 Å². The lowest BCUT2D eigenvalue weighted by molar-refractivity contribution is -0.130. The molecule has 23 heavy (non-hydrogen) atoms. The van der Waals surface area contributed by atoms with Crippen molar-refractivity contribution in [3.8, 4) is 0 Å². The van der Waals surface area contributed by atoms with Crippen molar-refractivity contribution in [1.29, 1.82) is 0 Å². The fraction of sp³-hybridized carbons (Fsp3) is 0.529. The number of alkyl halides is 1. The largest absolute Gasteiger partial charge is 0.324 e. The molecule has 124 valence electrons. The van der Waals surface area contributed by atoms with Crippen LogP contribution in [0.1, 0.15) is 33.6 Å². The standard InChI is InChI=1S/C17H18BrCl2NO2/c1-15(2)16(3)6-7-17(15,12(18)13(16)22)14(23)21-11-8-9(19)4-5-10(11)20/h4-5,8,12H,6-7H2,1-3H3,(H,21,23)/t12-,16+,17+/m1/s1. The minimum Gasteiger partial charge on any atom is -0.324 e. The summed E-state index contributed by atoms with van der Waals surface area (Å²) in [4.78, 5) is 25.4. The van der Waals surface area contributed by atoms with E-state index in [2.05, 4.69) is 21.2 Å². The number of hydrogen-bond acceptors (Lipinski definition) is 2. The Bertz CT molecular complexity index is 721. The van der Waals surface area contributed by atoms with Gasteiger partial charge in [0.2, 0.25) is 5.91 Å². The Labute approximate surface area is 154 Å². The zero-order valence-corrected chi connectivity index (χ0v) is 16.3. The maximum atomic E-state index is 13.2. The molecule has 1 aromatic rings. The lowest BCUT2D eigenvalue weighted by Gasteiger charge is -2.39. The van der Waals surface area contributed by atoms with Crippen LogP contribution in [0.4, 0.5) is 5.69 Å². The molecule has 2 saturated carbocycles. The van der Waals surface area contributed by atoms with Gasteiger partial charge in [-0.25, -0.2) is 0 Å². The molecule has 2 aliphatic rings. The number of hydrogen-bond donors (Lipinski definition) is 1. The van der Waals surface area contributed by atoms with Crippen LogP contribution in [0.5, 0.6) is 0 Å². The van der Waals surface area contributed by atoms with Gasteiger partial charge in [-0.1, -0.05) is 59.9 Å². The van der Waals surface area contributed by atoms with Crippen LogP contribution in [0.2, 0.25) is 10.0 Å². The molecular formula is C17H18BrCl2NO2. The zero-order valence-electron chi connectivity index (χ0n) is 13.2. The second-order valence-electron chi connectivity index (χ2n) is 7.23. The third kappa shape index (κ3) is 2.01. The summed E-state index contributed by atoms with van der Waals surface area (Å²) in [6, 6.07) is 4.94. The summed E-state index contributed by atoms with van der Waals surface area (Å²) in [5, 5.41) is 3.82. The van der Waals surface area contributed by atoms with Crippen molar-refractivity contribution < 1.29 is 9.59 Å². The Morgan fingerprint density at radius 1 is 1.26 bits per heavy atom. The predicted molar refractivity (Wildman–Crippen MR) is 96.4 cm³/mol. The highest BCUT2D eigenvalue weighted by atomic mass is 79.9. The number of nitrogens with one attached hydrogen (secondary N) is 1. The van der Waals surface area contributed by atoms with Crippen LogP contribution >= 0.6 is 39.1 Å². The molecule has 0 aromatic heterocycles. The van der Waals surface area contributed by atoms with Gasteiger partial charge in [-0.2, -0.15) is 0 Å². The van der Waals surface area contributed by atoms with Crippen molar-refractivity contribution in [3.63, 3.8) is 0 Å². The van der Waals surface area contributed by atoms with Gasteiger partial charge in [-0.15, -0.1) is 0 Å². The number of Topliss-reactive ketones (excluding diaryl/α,β-unsaturated/α-hetero) is 1. The molecule has 0 spiro atoms. The predicted octanol–water partition coefficient (Wildman–Crippen LogP) is 5.09. The summed E-state index contributed by atoms with van der Waals surface area (Å²) in [6.07, 6.45) is 1.39. The average Bonchev–Trinajstić information content (AvgIpc) is 2.75. The van der Waals surface area contributed by atoms with Crippen LogP contribution in [0.3, 0.4) is 0 Å². The molecular weight excluding hydrogens is 401 g/mol. The van der Waals surface area contributed by atoms with Gasteiger partial charge in [-0.05, 0) is 36.5 Å². The van der Waals surface area contributed by atoms with Gasteiger partial charge in [0.05, 0.1) is 21.0 Å². The number of carbonyl (C=O) groups is 2. The van der Waals surface area contributed by atoms with E-state index in [0.717, 1.165) is 6.42 Å². The Morgan fingerprint density at radius 3 is 2.48 bits per heavy atom. The molecule has 1 amide bonds. The minimum atomic E-state index is -0.787. The molecule has 2 bridgehead atoms. The topological polar surface area (TPSA) is 46.2 Å². The van der Waals surface area contributed by atoms with Crippen LogP contribution in [0, 0.1) is 16.2 Å². The smallest absolute Gasteiger partial charge is 0.232 e. The average molecular weight is 419 g/mol. The van der Waals surface area contributed by atoms with E-state index in [1.54, 1.807) is 18.2 Å². The molecule has 3 rings (SSSR count). The molecule has 2 aliphatic carbocycles. The molecule has 0 radical (unpaired) electrons. The van der Waals surface area contributed by atoms with E-state index < -0.39 is 21.1 Å². The van der Waals surface area contributed by atoms with Gasteiger partial charge < -0.3 is 5.32 Å². The number of anilines is 1. The van der Waals surface area contributed by atoms with E-state index in [-0.39, 0.29) is 11.7 Å². The third-order valence-corrected chi connectivity index (χ3v) is 8.06. The van der Waals surface area contributed by atoms with Gasteiger partial charge in [0.15, 0.2) is 5.78 Å². The van der Waals surface area contributed by atoms with Crippen molar-refractivity contribution in [2.24, 2.45) is 16.2 Å². The van der Waals surface area contributed by atoms with E-state index >= 15 is 0 Å². The number of amides is 1. The van der Waals surface area contributed by atoms with Gasteiger partial charge in [0.25, 0.3) is 0 Å². The van der Waals surface area contributed by atoms with Crippen molar-refractivity contribution in [3.05, 3.63) is 28.2 Å². The maximum Gasteiger partial charge on any atom is 0.232 e. The third-order valence-electron chi connectivity index (χ3n) is 6.30. The molecule has 3 nitrogen and oxygen atoms in total. The Morgan fingerprint density at radius 2 is 1.91 bits per heavy atom. The van der Waals surface area contributed by atoms with Crippen LogP contribution in [0.25, 0.3) is 0 Å². The lowest BCUT2D eigenvalue weighted by Crippen LogP contribution is -2.48. The van der Waals surface area contributed by atoms with Crippen molar-refractivity contribution >= 4 is 56.5 Å². The fourth-order valence-corrected chi connectivity index (χ4v) is 6.13. The Hall–Kier alpha value is -0.580. The molecule has 6 heteroatoms. The van der Waals surface area contributed by atoms with Crippen molar-refractivity contribution in [2.75, 3.05) is 5.32 Å². The van der Waals surface area contributed by atoms with E-state index in [0.29, 0.717) is 22.2 Å². The Balaban J connectivity index is 2.02. The van der Waals surface area contributed by atoms with E-state index in [4.69, 9.17) is 23.2 Å². The van der Waals surface area contributed by atoms with Gasteiger partial charge in [0.1, 0.15) is 0 Å². The highest BCUT2D eigenvalue weighted by molar-refractivity contribution is 9.10. The number of carbonyl (C=O) groups excluding carboxylic acids is 2. The minimum absolute atomic E-state index is 0.112. The first-order chi connectivity index (χ1) is 10.6. The second-order valence-corrected chi connectivity index (χ2v) is 8.99. The zero-order chi connectivity index (χ0) is 17.2. The first kappa shape index (κ1) is 17.2. The summed E-state index contributed by atoms with van der Waals surface area (Å²) in [7, 11) is 0. The molecule has 0 heterocycles. The molecule has 1 N–H and O–H groups in total. The monoisotopic (exact) mass is 417 g/mol. The maximum absolute atomic E-state index is 13.2. The highest BCUT2D eigenvalue weighted by Gasteiger charge is 2.76. The van der Waals surface area contributed by atoms with Crippen molar-refractivity contribution in [2.45, 2.75) is 38.4 Å². The first-order valence-corrected chi connectivity index (χ1v) is 9.20. The SMILES string of the molecule is CC1(C)[C@@]2(C)CC[C@@]1(C(=O)Nc1cc(Cl)ccc1Cl)[C@H](Br)C2=O. The molecule has 1 aromatic carbocycles. The fourth-order valence-electron chi connectivity index (χ4n) is 4.28. The summed E-state index contributed by atoms with van der Waals surface area (Å²) >= 11 is 15.7. The number of ketones is 1. The highest BCUT2D eigenvalue weighted by Crippen LogP contribution is 2.72. The van der Waals surface area contributed by atoms with Gasteiger partial charge in [0, 0.05) is 10.4 Å². The summed E-state index contributed by atoms with van der Waals surface area (Å²) in [5.74, 6) is -0.0655. The number of rotatable bonds is 2. The second kappa shape index (κ2) is 5.21. The van der Waals surface area contributed by atoms with Crippen LogP contribution < -0.4 is 5.32 Å². The number of halogens is 3. The number of fused-ring (bicyclic) bond motifs is 2. The lowest BCUT2D eigenvalue weighted by atomic mass is 9.64. The van der Waals surface area contributed by atoms with E-state index in [1.807, 2.05) is 20.8 Å². The van der Waals surface area contributed by atoms with Crippen LogP contribution in [0.15, 0.2) is 18.2 Å². The summed E-state index contributed by atoms with van der Waals surface area (Å²) in [6.45, 7) is 5.99. The Kier molecular flexibility index (Phi) is 3.90. The molecule has 0 saturated heterocycles. The van der Waals surface area contributed by atoms with Crippen molar-refractivity contribution in [1.82, 2.24) is 0 Å². The molecule has 2 fully saturated rings. The summed E-state index contributed by atoms with van der Waals surface area (Å²) < 4.78 is 0. The molecule has 3 atom stereocenters. The summed E-state index contributed by atoms with van der Waals surface area (Å²) in [5.41, 5.74) is -1.25. The van der Waals surface area contributed by atoms with E-state index in [9.17, 15) is 9.59 Å². The number of benzene rings is 1.